The number of tetrazole rings is 1. The van der Waals surface area contributed by atoms with Gasteiger partial charge in [0, 0.05) is 18.8 Å². The predicted octanol–water partition coefficient (Wildman–Crippen LogP) is 2.15. The Labute approximate surface area is 158 Å². The number of hydrogen-bond donors (Lipinski definition) is 0. The minimum atomic E-state index is -4.39. The lowest BCUT2D eigenvalue weighted by Gasteiger charge is -2.17. The number of halogens is 3. The number of thioether (sulfide) groups is 1. The first-order valence-corrected chi connectivity index (χ1v) is 9.20. The van der Waals surface area contributed by atoms with Crippen LogP contribution in [-0.2, 0) is 17.5 Å². The Morgan fingerprint density at radius 2 is 1.96 bits per heavy atom. The third-order valence-electron chi connectivity index (χ3n) is 4.17. The van der Waals surface area contributed by atoms with Crippen molar-refractivity contribution in [2.75, 3.05) is 32.1 Å². The van der Waals surface area contributed by atoms with E-state index in [0.29, 0.717) is 30.4 Å². The number of carbonyl (C=O) groups is 1. The molecule has 0 N–H and O–H groups in total. The molecule has 1 unspecified atom stereocenters. The molecule has 0 aliphatic carbocycles. The standard InChI is InChI=1S/C16H19F3N6OS/c1-23(2)9-10-25-15(20-21-22-25)27-13-7-8-24(14(13)26)12-5-3-11(4-6-12)16(17,18)19/h3-6,13H,7-10H2,1-2H3. The molecule has 1 aliphatic heterocycles. The van der Waals surface area contributed by atoms with Crippen LogP contribution in [0.1, 0.15) is 12.0 Å². The van der Waals surface area contributed by atoms with Crippen molar-refractivity contribution in [3.8, 4) is 0 Å². The van der Waals surface area contributed by atoms with Gasteiger partial charge < -0.3 is 9.80 Å². The van der Waals surface area contributed by atoms with Gasteiger partial charge in [-0.05, 0) is 55.2 Å². The molecule has 0 bridgehead atoms. The topological polar surface area (TPSA) is 67.2 Å². The molecule has 1 atom stereocenters. The average molecular weight is 400 g/mol. The fourth-order valence-electron chi connectivity index (χ4n) is 2.69. The van der Waals surface area contributed by atoms with E-state index in [-0.39, 0.29) is 11.2 Å². The summed E-state index contributed by atoms with van der Waals surface area (Å²) in [7, 11) is 3.89. The van der Waals surface area contributed by atoms with Gasteiger partial charge in [0.2, 0.25) is 11.1 Å². The molecule has 3 rings (SSSR count). The quantitative estimate of drug-likeness (QED) is 0.740. The Kier molecular flexibility index (Phi) is 5.70. The lowest BCUT2D eigenvalue weighted by atomic mass is 10.2. The maximum atomic E-state index is 12.7. The van der Waals surface area contributed by atoms with Gasteiger partial charge in [0.15, 0.2) is 0 Å². The highest BCUT2D eigenvalue weighted by Crippen LogP contribution is 2.34. The van der Waals surface area contributed by atoms with E-state index in [2.05, 4.69) is 15.5 Å². The fraction of sp³-hybridized carbons (Fsp3) is 0.500. The molecule has 2 heterocycles. The average Bonchev–Trinajstić information content (AvgIpc) is 3.20. The van der Waals surface area contributed by atoms with Crippen LogP contribution >= 0.6 is 11.8 Å². The number of nitrogens with zero attached hydrogens (tertiary/aromatic N) is 6. The zero-order valence-electron chi connectivity index (χ0n) is 14.8. The summed E-state index contributed by atoms with van der Waals surface area (Å²) in [5, 5.41) is 11.8. The summed E-state index contributed by atoms with van der Waals surface area (Å²) in [5.74, 6) is -0.151. The van der Waals surface area contributed by atoms with Gasteiger partial charge in [-0.2, -0.15) is 13.2 Å². The van der Waals surface area contributed by atoms with Crippen LogP contribution in [0.5, 0.6) is 0 Å². The van der Waals surface area contributed by atoms with E-state index in [9.17, 15) is 18.0 Å². The summed E-state index contributed by atoms with van der Waals surface area (Å²) in [5.41, 5.74) is -0.271. The van der Waals surface area contributed by atoms with Crippen LogP contribution in [0.25, 0.3) is 0 Å². The van der Waals surface area contributed by atoms with Gasteiger partial charge in [0.05, 0.1) is 17.4 Å². The second-order valence-corrected chi connectivity index (χ2v) is 7.59. The molecule has 0 saturated carbocycles. The summed E-state index contributed by atoms with van der Waals surface area (Å²) in [6.07, 6.45) is -3.82. The molecule has 1 aromatic carbocycles. The summed E-state index contributed by atoms with van der Waals surface area (Å²) < 4.78 is 39.7. The normalized spacial score (nSPS) is 17.9. The van der Waals surface area contributed by atoms with Gasteiger partial charge in [-0.15, -0.1) is 5.10 Å². The van der Waals surface area contributed by atoms with Crippen molar-refractivity contribution in [3.05, 3.63) is 29.8 Å². The van der Waals surface area contributed by atoms with Crippen LogP contribution in [0.2, 0.25) is 0 Å². The Morgan fingerprint density at radius 3 is 2.59 bits per heavy atom. The number of aromatic nitrogens is 4. The van der Waals surface area contributed by atoms with Crippen molar-refractivity contribution < 1.29 is 18.0 Å². The third-order valence-corrected chi connectivity index (χ3v) is 5.39. The molecule has 2 aromatic rings. The van der Waals surface area contributed by atoms with Gasteiger partial charge in [-0.1, -0.05) is 11.8 Å². The highest BCUT2D eigenvalue weighted by Gasteiger charge is 2.35. The molecule has 11 heteroatoms. The molecule has 1 aromatic heterocycles. The molecule has 7 nitrogen and oxygen atoms in total. The molecule has 146 valence electrons. The second-order valence-electron chi connectivity index (χ2n) is 6.42. The Morgan fingerprint density at radius 1 is 1.26 bits per heavy atom. The summed E-state index contributed by atoms with van der Waals surface area (Å²) in [6.45, 7) is 1.81. The van der Waals surface area contributed by atoms with Crippen LogP contribution in [0.4, 0.5) is 18.9 Å². The van der Waals surface area contributed by atoms with E-state index >= 15 is 0 Å². The maximum Gasteiger partial charge on any atom is 0.416 e. The first-order valence-electron chi connectivity index (χ1n) is 8.32. The monoisotopic (exact) mass is 400 g/mol. The van der Waals surface area contributed by atoms with Crippen LogP contribution in [-0.4, -0.2) is 63.4 Å². The number of likely N-dealkylation sites (N-methyl/N-ethyl adjacent to an activating group) is 1. The van der Waals surface area contributed by atoms with Gasteiger partial charge >= 0.3 is 6.18 Å². The number of alkyl halides is 3. The Hall–Kier alpha value is -2.14. The molecule has 0 radical (unpaired) electrons. The highest BCUT2D eigenvalue weighted by atomic mass is 32.2. The lowest BCUT2D eigenvalue weighted by Crippen LogP contribution is -2.28. The summed E-state index contributed by atoms with van der Waals surface area (Å²) >= 11 is 1.29. The van der Waals surface area contributed by atoms with Crippen molar-refractivity contribution in [1.29, 1.82) is 0 Å². The van der Waals surface area contributed by atoms with Crippen molar-refractivity contribution in [2.24, 2.45) is 0 Å². The van der Waals surface area contributed by atoms with Gasteiger partial charge in [-0.3, -0.25) is 4.79 Å². The Bertz CT molecular complexity index is 792. The van der Waals surface area contributed by atoms with E-state index in [1.807, 2.05) is 19.0 Å². The number of benzene rings is 1. The molecule has 0 spiro atoms. The van der Waals surface area contributed by atoms with Crippen molar-refractivity contribution >= 4 is 23.4 Å². The fourth-order valence-corrected chi connectivity index (χ4v) is 3.73. The molecule has 27 heavy (non-hydrogen) atoms. The SMILES string of the molecule is CN(C)CCn1nnnc1SC1CCN(c2ccc(C(F)(F)F)cc2)C1=O. The number of rotatable bonds is 6. The zero-order valence-corrected chi connectivity index (χ0v) is 15.7. The maximum absolute atomic E-state index is 12.7. The van der Waals surface area contributed by atoms with Gasteiger partial charge in [0.1, 0.15) is 0 Å². The summed E-state index contributed by atoms with van der Waals surface area (Å²) in [4.78, 5) is 16.2. The van der Waals surface area contributed by atoms with E-state index in [4.69, 9.17) is 0 Å². The van der Waals surface area contributed by atoms with Crippen molar-refractivity contribution in [2.45, 2.75) is 29.5 Å². The van der Waals surface area contributed by atoms with E-state index in [0.717, 1.165) is 18.7 Å². The smallest absolute Gasteiger partial charge is 0.311 e. The van der Waals surface area contributed by atoms with Crippen molar-refractivity contribution in [1.82, 2.24) is 25.1 Å². The number of hydrogen-bond acceptors (Lipinski definition) is 6. The minimum absolute atomic E-state index is 0.151. The van der Waals surface area contributed by atoms with Crippen LogP contribution < -0.4 is 4.90 Å². The first-order chi connectivity index (χ1) is 12.8. The third kappa shape index (κ3) is 4.59. The predicted molar refractivity (Wildman–Crippen MR) is 94.4 cm³/mol. The van der Waals surface area contributed by atoms with Gasteiger partial charge in [-0.25, -0.2) is 4.68 Å². The van der Waals surface area contributed by atoms with Gasteiger partial charge in [0.25, 0.3) is 0 Å². The number of carbonyl (C=O) groups excluding carboxylic acids is 1. The van der Waals surface area contributed by atoms with E-state index in [1.165, 1.54) is 28.8 Å². The van der Waals surface area contributed by atoms with E-state index in [1.54, 1.807) is 4.68 Å². The van der Waals surface area contributed by atoms with Crippen LogP contribution in [0.3, 0.4) is 0 Å². The highest BCUT2D eigenvalue weighted by molar-refractivity contribution is 8.00. The zero-order chi connectivity index (χ0) is 19.6. The Balaban J connectivity index is 1.66. The summed E-state index contributed by atoms with van der Waals surface area (Å²) in [6, 6.07) is 4.64. The van der Waals surface area contributed by atoms with E-state index < -0.39 is 11.7 Å². The molecule has 1 amide bonds. The van der Waals surface area contributed by atoms with Crippen molar-refractivity contribution in [3.63, 3.8) is 0 Å². The molecule has 1 saturated heterocycles. The van der Waals surface area contributed by atoms with Crippen LogP contribution in [0, 0.1) is 0 Å². The lowest BCUT2D eigenvalue weighted by molar-refractivity contribution is -0.137. The first kappa shape index (κ1) is 19.6. The second kappa shape index (κ2) is 7.85. The minimum Gasteiger partial charge on any atom is -0.311 e. The van der Waals surface area contributed by atoms with Crippen LogP contribution in [0.15, 0.2) is 29.4 Å². The number of amides is 1. The number of anilines is 1. The molecular formula is C16H19F3N6OS. The molecule has 1 fully saturated rings. The molecule has 1 aliphatic rings. The molecular weight excluding hydrogens is 381 g/mol. The largest absolute Gasteiger partial charge is 0.416 e.